The van der Waals surface area contributed by atoms with Gasteiger partial charge in [0.15, 0.2) is 0 Å². The third kappa shape index (κ3) is 2.14. The normalized spacial score (nSPS) is 34.2. The fraction of sp³-hybridized carbons (Fsp3) is 0.900. The minimum atomic E-state index is -0.358. The first-order chi connectivity index (χ1) is 6.27. The summed E-state index contributed by atoms with van der Waals surface area (Å²) >= 11 is 0. The van der Waals surface area contributed by atoms with E-state index in [2.05, 4.69) is 5.32 Å². The molecule has 0 bridgehead atoms. The summed E-state index contributed by atoms with van der Waals surface area (Å²) in [4.78, 5) is 10.6. The van der Waals surface area contributed by atoms with Crippen LogP contribution in [-0.4, -0.2) is 12.1 Å². The first kappa shape index (κ1) is 8.85. The van der Waals surface area contributed by atoms with Crippen LogP contribution in [0.25, 0.3) is 0 Å². The van der Waals surface area contributed by atoms with Crippen molar-refractivity contribution in [1.82, 2.24) is 5.32 Å². The topological polar surface area (TPSA) is 55.1 Å². The average molecular weight is 182 g/mol. The molecule has 0 aromatic rings. The van der Waals surface area contributed by atoms with E-state index in [1.807, 2.05) is 0 Å². The molecule has 2 rings (SSSR count). The number of primary amides is 1. The number of hydrogen-bond donors (Lipinski definition) is 2. The van der Waals surface area contributed by atoms with Crippen LogP contribution >= 0.6 is 0 Å². The zero-order valence-corrected chi connectivity index (χ0v) is 7.96. The molecular weight excluding hydrogens is 164 g/mol. The summed E-state index contributed by atoms with van der Waals surface area (Å²) in [5, 5.41) is 2.80. The Balaban J connectivity index is 1.74. The Bertz CT molecular complexity index is 199. The van der Waals surface area contributed by atoms with Crippen LogP contribution in [0.5, 0.6) is 0 Å². The van der Waals surface area contributed by atoms with Crippen molar-refractivity contribution >= 4 is 6.03 Å². The fourth-order valence-corrected chi connectivity index (χ4v) is 2.65. The maximum absolute atomic E-state index is 10.6. The maximum Gasteiger partial charge on any atom is 0.312 e. The molecule has 0 saturated heterocycles. The Morgan fingerprint density at radius 3 is 2.54 bits per heavy atom. The number of rotatable bonds is 2. The van der Waals surface area contributed by atoms with Crippen molar-refractivity contribution in [2.24, 2.45) is 17.6 Å². The molecule has 3 nitrogen and oxygen atoms in total. The van der Waals surface area contributed by atoms with Crippen molar-refractivity contribution in [3.8, 4) is 0 Å². The largest absolute Gasteiger partial charge is 0.352 e. The molecule has 0 heterocycles. The number of carbonyl (C=O) groups excluding carboxylic acids is 1. The summed E-state index contributed by atoms with van der Waals surface area (Å²) in [6, 6.07) is 0.0453. The highest BCUT2D eigenvalue weighted by molar-refractivity contribution is 5.72. The van der Waals surface area contributed by atoms with Gasteiger partial charge in [-0.3, -0.25) is 0 Å². The molecule has 0 aromatic carbocycles. The molecule has 2 aliphatic carbocycles. The summed E-state index contributed by atoms with van der Waals surface area (Å²) in [6.07, 6.45) is 8.04. The van der Waals surface area contributed by atoms with Crippen LogP contribution in [0.4, 0.5) is 4.79 Å². The highest BCUT2D eigenvalue weighted by Crippen LogP contribution is 2.44. The Kier molecular flexibility index (Phi) is 2.42. The Morgan fingerprint density at radius 2 is 1.92 bits per heavy atom. The first-order valence-electron chi connectivity index (χ1n) is 5.33. The van der Waals surface area contributed by atoms with Crippen molar-refractivity contribution in [2.75, 3.05) is 0 Å². The molecule has 0 aromatic heterocycles. The zero-order valence-electron chi connectivity index (χ0n) is 7.96. The Hall–Kier alpha value is -0.730. The SMILES string of the molecule is NC(=O)NC1CC1C1CCCCC1. The molecule has 74 valence electrons. The summed E-state index contributed by atoms with van der Waals surface area (Å²) < 4.78 is 0. The van der Waals surface area contributed by atoms with Crippen LogP contribution in [0.1, 0.15) is 38.5 Å². The number of hydrogen-bond acceptors (Lipinski definition) is 1. The van der Waals surface area contributed by atoms with E-state index in [0.717, 1.165) is 18.3 Å². The van der Waals surface area contributed by atoms with Crippen molar-refractivity contribution < 1.29 is 4.79 Å². The van der Waals surface area contributed by atoms with Crippen LogP contribution in [-0.2, 0) is 0 Å². The van der Waals surface area contributed by atoms with Gasteiger partial charge in [-0.25, -0.2) is 4.79 Å². The fourth-order valence-electron chi connectivity index (χ4n) is 2.65. The maximum atomic E-state index is 10.6. The van der Waals surface area contributed by atoms with Crippen molar-refractivity contribution in [1.29, 1.82) is 0 Å². The molecule has 0 spiro atoms. The van der Waals surface area contributed by atoms with E-state index in [0.29, 0.717) is 6.04 Å². The van der Waals surface area contributed by atoms with Gasteiger partial charge in [-0.15, -0.1) is 0 Å². The van der Waals surface area contributed by atoms with Gasteiger partial charge in [-0.05, 0) is 18.3 Å². The molecule has 2 saturated carbocycles. The number of carbonyl (C=O) groups is 1. The standard InChI is InChI=1S/C10H18N2O/c11-10(13)12-9-6-8(9)7-4-2-1-3-5-7/h7-9H,1-6H2,(H3,11,12,13). The minimum absolute atomic E-state index is 0.358. The molecule has 2 atom stereocenters. The molecule has 2 aliphatic rings. The summed E-state index contributed by atoms with van der Waals surface area (Å²) in [5.74, 6) is 1.61. The lowest BCUT2D eigenvalue weighted by atomic mass is 9.85. The summed E-state index contributed by atoms with van der Waals surface area (Å²) in [6.45, 7) is 0. The van der Waals surface area contributed by atoms with Gasteiger partial charge in [-0.2, -0.15) is 0 Å². The Labute approximate surface area is 79.1 Å². The van der Waals surface area contributed by atoms with E-state index in [1.165, 1.54) is 32.1 Å². The lowest BCUT2D eigenvalue weighted by Crippen LogP contribution is -2.33. The lowest BCUT2D eigenvalue weighted by molar-refractivity contribution is 0.246. The van der Waals surface area contributed by atoms with Crippen LogP contribution in [0.2, 0.25) is 0 Å². The third-order valence-electron chi connectivity index (χ3n) is 3.42. The van der Waals surface area contributed by atoms with Crippen LogP contribution in [0.3, 0.4) is 0 Å². The van der Waals surface area contributed by atoms with E-state index >= 15 is 0 Å². The molecule has 13 heavy (non-hydrogen) atoms. The van der Waals surface area contributed by atoms with Gasteiger partial charge in [0.25, 0.3) is 0 Å². The number of nitrogens with two attached hydrogens (primary N) is 1. The molecule has 2 unspecified atom stereocenters. The minimum Gasteiger partial charge on any atom is -0.352 e. The van der Waals surface area contributed by atoms with Crippen LogP contribution < -0.4 is 11.1 Å². The van der Waals surface area contributed by atoms with Crippen LogP contribution in [0.15, 0.2) is 0 Å². The van der Waals surface area contributed by atoms with Gasteiger partial charge in [0.1, 0.15) is 0 Å². The molecule has 2 fully saturated rings. The van der Waals surface area contributed by atoms with E-state index in [4.69, 9.17) is 5.73 Å². The van der Waals surface area contributed by atoms with E-state index in [-0.39, 0.29) is 6.03 Å². The molecule has 0 aliphatic heterocycles. The number of urea groups is 1. The van der Waals surface area contributed by atoms with Crippen LogP contribution in [0, 0.1) is 11.8 Å². The second-order valence-electron chi connectivity index (χ2n) is 4.41. The quantitative estimate of drug-likeness (QED) is 0.670. The predicted octanol–water partition coefficient (Wildman–Crippen LogP) is 1.62. The second kappa shape index (κ2) is 3.56. The van der Waals surface area contributed by atoms with Crippen molar-refractivity contribution in [3.05, 3.63) is 0 Å². The third-order valence-corrected chi connectivity index (χ3v) is 3.42. The van der Waals surface area contributed by atoms with E-state index in [1.54, 1.807) is 0 Å². The Morgan fingerprint density at radius 1 is 1.23 bits per heavy atom. The highest BCUT2D eigenvalue weighted by atomic mass is 16.2. The average Bonchev–Trinajstić information content (AvgIpc) is 2.84. The van der Waals surface area contributed by atoms with Crippen molar-refractivity contribution in [2.45, 2.75) is 44.6 Å². The van der Waals surface area contributed by atoms with Gasteiger partial charge >= 0.3 is 6.03 Å². The van der Waals surface area contributed by atoms with Gasteiger partial charge in [-0.1, -0.05) is 32.1 Å². The molecular formula is C10H18N2O. The highest BCUT2D eigenvalue weighted by Gasteiger charge is 2.43. The molecule has 2 amide bonds. The van der Waals surface area contributed by atoms with Gasteiger partial charge in [0.2, 0.25) is 0 Å². The molecule has 3 N–H and O–H groups in total. The lowest BCUT2D eigenvalue weighted by Gasteiger charge is -2.21. The number of nitrogens with one attached hydrogen (secondary N) is 1. The van der Waals surface area contributed by atoms with Gasteiger partial charge in [0.05, 0.1) is 0 Å². The first-order valence-corrected chi connectivity index (χ1v) is 5.33. The molecule has 0 radical (unpaired) electrons. The zero-order chi connectivity index (χ0) is 9.26. The smallest absolute Gasteiger partial charge is 0.312 e. The molecule has 3 heteroatoms. The summed E-state index contributed by atoms with van der Waals surface area (Å²) in [7, 11) is 0. The van der Waals surface area contributed by atoms with Gasteiger partial charge in [0, 0.05) is 6.04 Å². The summed E-state index contributed by atoms with van der Waals surface area (Å²) in [5.41, 5.74) is 5.08. The van der Waals surface area contributed by atoms with E-state index < -0.39 is 0 Å². The van der Waals surface area contributed by atoms with Crippen molar-refractivity contribution in [3.63, 3.8) is 0 Å². The monoisotopic (exact) mass is 182 g/mol. The predicted molar refractivity (Wildman–Crippen MR) is 51.2 cm³/mol. The number of amides is 2. The van der Waals surface area contributed by atoms with Gasteiger partial charge < -0.3 is 11.1 Å². The van der Waals surface area contributed by atoms with E-state index in [9.17, 15) is 4.79 Å². The second-order valence-corrected chi connectivity index (χ2v) is 4.41.